The van der Waals surface area contributed by atoms with Gasteiger partial charge in [-0.05, 0) is 6.42 Å². The number of hydrogen-bond acceptors (Lipinski definition) is 2. The summed E-state index contributed by atoms with van der Waals surface area (Å²) in [5.74, 6) is 0. The molecular formula is C8H15N3. The molecule has 1 rings (SSSR count). The zero-order valence-corrected chi connectivity index (χ0v) is 6.95. The molecule has 0 bridgehead atoms. The Hall–Kier alpha value is -0.830. The average Bonchev–Trinajstić information content (AvgIpc) is 2.48. The lowest BCUT2D eigenvalue weighted by molar-refractivity contribution is 0.631. The van der Waals surface area contributed by atoms with Crippen LogP contribution >= 0.6 is 0 Å². The molecule has 0 unspecified atom stereocenters. The van der Waals surface area contributed by atoms with Gasteiger partial charge in [-0.2, -0.15) is 0 Å². The van der Waals surface area contributed by atoms with E-state index in [1.54, 1.807) is 0 Å². The normalized spacial score (nSPS) is 10.4. The van der Waals surface area contributed by atoms with Crippen LogP contribution in [0.3, 0.4) is 0 Å². The van der Waals surface area contributed by atoms with E-state index in [1.807, 2.05) is 12.5 Å². The van der Waals surface area contributed by atoms with E-state index >= 15 is 0 Å². The Bertz CT molecular complexity index is 205. The predicted molar refractivity (Wildman–Crippen MR) is 45.0 cm³/mol. The molecule has 62 valence electrons. The van der Waals surface area contributed by atoms with Crippen LogP contribution in [-0.4, -0.2) is 9.55 Å². The van der Waals surface area contributed by atoms with Crippen LogP contribution < -0.4 is 5.73 Å². The van der Waals surface area contributed by atoms with E-state index in [0.717, 1.165) is 12.2 Å². The minimum atomic E-state index is 0.541. The summed E-state index contributed by atoms with van der Waals surface area (Å²) in [7, 11) is 0. The van der Waals surface area contributed by atoms with Crippen molar-refractivity contribution < 1.29 is 0 Å². The highest BCUT2D eigenvalue weighted by molar-refractivity contribution is 4.94. The van der Waals surface area contributed by atoms with Gasteiger partial charge >= 0.3 is 0 Å². The number of hydrogen-bond donors (Lipinski definition) is 1. The first-order chi connectivity index (χ1) is 5.36. The Morgan fingerprint density at radius 2 is 2.45 bits per heavy atom. The van der Waals surface area contributed by atoms with Gasteiger partial charge in [0.1, 0.15) is 0 Å². The van der Waals surface area contributed by atoms with Crippen LogP contribution in [0.1, 0.15) is 25.5 Å². The molecule has 1 aromatic rings. The van der Waals surface area contributed by atoms with Gasteiger partial charge in [0.2, 0.25) is 0 Å². The fourth-order valence-electron chi connectivity index (χ4n) is 0.975. The topological polar surface area (TPSA) is 43.8 Å². The molecule has 0 fully saturated rings. The third-order valence-electron chi connectivity index (χ3n) is 1.67. The summed E-state index contributed by atoms with van der Waals surface area (Å²) < 4.78 is 2.09. The number of aryl methyl sites for hydroxylation is 1. The van der Waals surface area contributed by atoms with E-state index < -0.39 is 0 Å². The molecule has 0 aliphatic carbocycles. The first-order valence-electron chi connectivity index (χ1n) is 4.07. The van der Waals surface area contributed by atoms with Crippen LogP contribution in [0.25, 0.3) is 0 Å². The fraction of sp³-hybridized carbons (Fsp3) is 0.625. The highest BCUT2D eigenvalue weighted by Gasteiger charge is 1.94. The summed E-state index contributed by atoms with van der Waals surface area (Å²) in [6.45, 7) is 3.78. The Morgan fingerprint density at radius 3 is 3.00 bits per heavy atom. The van der Waals surface area contributed by atoms with Crippen LogP contribution in [0.4, 0.5) is 0 Å². The maximum atomic E-state index is 5.42. The predicted octanol–water partition coefficient (Wildman–Crippen LogP) is 1.14. The molecule has 0 saturated heterocycles. The molecule has 2 N–H and O–H groups in total. The van der Waals surface area contributed by atoms with Crippen molar-refractivity contribution in [2.45, 2.75) is 32.9 Å². The van der Waals surface area contributed by atoms with Crippen LogP contribution in [0.5, 0.6) is 0 Å². The van der Waals surface area contributed by atoms with Gasteiger partial charge in [0, 0.05) is 19.3 Å². The van der Waals surface area contributed by atoms with E-state index in [4.69, 9.17) is 5.73 Å². The second-order valence-electron chi connectivity index (χ2n) is 2.66. The lowest BCUT2D eigenvalue weighted by Crippen LogP contribution is -1.96. The van der Waals surface area contributed by atoms with Gasteiger partial charge < -0.3 is 10.3 Å². The third kappa shape index (κ3) is 2.35. The number of nitrogens with zero attached hydrogens (tertiary/aromatic N) is 2. The first kappa shape index (κ1) is 8.27. The zero-order chi connectivity index (χ0) is 8.10. The molecular weight excluding hydrogens is 138 g/mol. The molecule has 0 radical (unpaired) electrons. The molecule has 3 heteroatoms. The largest absolute Gasteiger partial charge is 0.337 e. The second-order valence-corrected chi connectivity index (χ2v) is 2.66. The second kappa shape index (κ2) is 4.13. The quantitative estimate of drug-likeness (QED) is 0.705. The van der Waals surface area contributed by atoms with Crippen molar-refractivity contribution in [2.75, 3.05) is 0 Å². The molecule has 11 heavy (non-hydrogen) atoms. The Kier molecular flexibility index (Phi) is 3.11. The van der Waals surface area contributed by atoms with Gasteiger partial charge in [0.25, 0.3) is 0 Å². The molecule has 0 aromatic carbocycles. The third-order valence-corrected chi connectivity index (χ3v) is 1.67. The summed E-state index contributed by atoms with van der Waals surface area (Å²) in [5, 5.41) is 0. The SMILES string of the molecule is CCCCn1cnc(CN)c1. The molecule has 0 aliphatic rings. The van der Waals surface area contributed by atoms with Crippen molar-refractivity contribution in [1.82, 2.24) is 9.55 Å². The monoisotopic (exact) mass is 153 g/mol. The van der Waals surface area contributed by atoms with E-state index in [0.29, 0.717) is 6.54 Å². The van der Waals surface area contributed by atoms with Crippen molar-refractivity contribution in [2.24, 2.45) is 5.73 Å². The van der Waals surface area contributed by atoms with E-state index in [9.17, 15) is 0 Å². The number of aromatic nitrogens is 2. The molecule has 0 spiro atoms. The van der Waals surface area contributed by atoms with E-state index in [1.165, 1.54) is 12.8 Å². The van der Waals surface area contributed by atoms with Crippen LogP contribution in [0.15, 0.2) is 12.5 Å². The maximum absolute atomic E-state index is 5.42. The van der Waals surface area contributed by atoms with Gasteiger partial charge in [-0.3, -0.25) is 0 Å². The van der Waals surface area contributed by atoms with Crippen LogP contribution in [0, 0.1) is 0 Å². The molecule has 0 saturated carbocycles. The summed E-state index contributed by atoms with van der Waals surface area (Å²) in [6.07, 6.45) is 6.28. The minimum absolute atomic E-state index is 0.541. The van der Waals surface area contributed by atoms with Crippen LogP contribution in [0.2, 0.25) is 0 Å². The first-order valence-corrected chi connectivity index (χ1v) is 4.07. The van der Waals surface area contributed by atoms with Crippen molar-refractivity contribution in [3.63, 3.8) is 0 Å². The fourth-order valence-corrected chi connectivity index (χ4v) is 0.975. The summed E-state index contributed by atoms with van der Waals surface area (Å²) in [6, 6.07) is 0. The number of unbranched alkanes of at least 4 members (excludes halogenated alkanes) is 1. The molecule has 1 heterocycles. The molecule has 0 amide bonds. The van der Waals surface area contributed by atoms with Gasteiger partial charge in [-0.15, -0.1) is 0 Å². The standard InChI is InChI=1S/C8H15N3/c1-2-3-4-11-6-8(5-9)10-7-11/h6-7H,2-5,9H2,1H3. The van der Waals surface area contributed by atoms with Gasteiger partial charge in [0.15, 0.2) is 0 Å². The van der Waals surface area contributed by atoms with Crippen molar-refractivity contribution in [3.05, 3.63) is 18.2 Å². The number of nitrogens with two attached hydrogens (primary N) is 1. The summed E-state index contributed by atoms with van der Waals surface area (Å²) in [4.78, 5) is 4.13. The van der Waals surface area contributed by atoms with Crippen LogP contribution in [-0.2, 0) is 13.1 Å². The van der Waals surface area contributed by atoms with E-state index in [2.05, 4.69) is 16.5 Å². The Morgan fingerprint density at radius 1 is 1.64 bits per heavy atom. The average molecular weight is 153 g/mol. The molecule has 3 nitrogen and oxygen atoms in total. The number of rotatable bonds is 4. The lowest BCUT2D eigenvalue weighted by Gasteiger charge is -1.97. The molecule has 0 aliphatic heterocycles. The van der Waals surface area contributed by atoms with E-state index in [-0.39, 0.29) is 0 Å². The smallest absolute Gasteiger partial charge is 0.0949 e. The maximum Gasteiger partial charge on any atom is 0.0949 e. The van der Waals surface area contributed by atoms with Crippen molar-refractivity contribution in [1.29, 1.82) is 0 Å². The minimum Gasteiger partial charge on any atom is -0.337 e. The Labute approximate surface area is 67.2 Å². The molecule has 0 atom stereocenters. The molecule has 1 aromatic heterocycles. The summed E-state index contributed by atoms with van der Waals surface area (Å²) in [5.41, 5.74) is 6.39. The Balaban J connectivity index is 2.44. The lowest BCUT2D eigenvalue weighted by atomic mass is 10.3. The van der Waals surface area contributed by atoms with Gasteiger partial charge in [-0.1, -0.05) is 13.3 Å². The van der Waals surface area contributed by atoms with Crippen molar-refractivity contribution >= 4 is 0 Å². The highest BCUT2D eigenvalue weighted by atomic mass is 15.0. The summed E-state index contributed by atoms with van der Waals surface area (Å²) >= 11 is 0. The highest BCUT2D eigenvalue weighted by Crippen LogP contribution is 1.97. The van der Waals surface area contributed by atoms with Gasteiger partial charge in [-0.25, -0.2) is 4.98 Å². The zero-order valence-electron chi connectivity index (χ0n) is 6.95. The van der Waals surface area contributed by atoms with Gasteiger partial charge in [0.05, 0.1) is 12.0 Å². The van der Waals surface area contributed by atoms with Crippen molar-refractivity contribution in [3.8, 4) is 0 Å². The number of imidazole rings is 1.